The molecule has 8 nitrogen and oxygen atoms in total. The first kappa shape index (κ1) is 17.2. The third kappa shape index (κ3) is 3.41. The summed E-state index contributed by atoms with van der Waals surface area (Å²) in [5.74, 6) is -1.73. The van der Waals surface area contributed by atoms with Gasteiger partial charge in [-0.1, -0.05) is 0 Å². The fourth-order valence-electron chi connectivity index (χ4n) is 2.24. The molecule has 26 heavy (non-hydrogen) atoms. The van der Waals surface area contributed by atoms with E-state index in [0.29, 0.717) is 16.9 Å². The number of carbonyl (C=O) groups is 2. The van der Waals surface area contributed by atoms with E-state index in [1.807, 2.05) is 0 Å². The molecule has 0 aliphatic heterocycles. The molecule has 0 aliphatic rings. The van der Waals surface area contributed by atoms with Crippen LogP contribution in [-0.2, 0) is 4.74 Å². The second-order valence-corrected chi connectivity index (χ2v) is 5.19. The van der Waals surface area contributed by atoms with Crippen LogP contribution in [0.4, 0.5) is 15.9 Å². The van der Waals surface area contributed by atoms with Crippen LogP contribution in [-0.4, -0.2) is 27.9 Å². The van der Waals surface area contributed by atoms with E-state index < -0.39 is 17.7 Å². The summed E-state index contributed by atoms with van der Waals surface area (Å²) < 4.78 is 19.8. The summed E-state index contributed by atoms with van der Waals surface area (Å²) in [5.41, 5.74) is 6.17. The van der Waals surface area contributed by atoms with Gasteiger partial charge in [0.2, 0.25) is 5.91 Å². The Morgan fingerprint density at radius 3 is 2.58 bits per heavy atom. The molecule has 0 spiro atoms. The molecule has 0 radical (unpaired) electrons. The zero-order valence-electron chi connectivity index (χ0n) is 13.7. The Morgan fingerprint density at radius 2 is 1.92 bits per heavy atom. The van der Waals surface area contributed by atoms with Crippen LogP contribution in [0.2, 0.25) is 0 Å². The molecular formula is C17H14FN5O3. The number of nitrogens with zero attached hydrogens (tertiary/aromatic N) is 4. The van der Waals surface area contributed by atoms with Crippen molar-refractivity contribution in [3.63, 3.8) is 0 Å². The monoisotopic (exact) mass is 355 g/mol. The molecule has 2 N–H and O–H groups in total. The Bertz CT molecular complexity index is 1010. The molecule has 0 unspecified atom stereocenters. The minimum Gasteiger partial charge on any atom is -0.461 e. The van der Waals surface area contributed by atoms with Gasteiger partial charge in [-0.15, -0.1) is 10.2 Å². The summed E-state index contributed by atoms with van der Waals surface area (Å²) in [6.45, 7) is 1.82. The van der Waals surface area contributed by atoms with E-state index in [4.69, 9.17) is 10.5 Å². The van der Waals surface area contributed by atoms with E-state index in [2.05, 4.69) is 15.2 Å². The maximum absolute atomic E-state index is 13.6. The lowest BCUT2D eigenvalue weighted by atomic mass is 10.2. The van der Waals surface area contributed by atoms with E-state index in [1.54, 1.807) is 6.92 Å². The molecule has 9 heteroatoms. The molecule has 1 aromatic carbocycles. The number of aromatic nitrogens is 2. The molecular weight excluding hydrogens is 341 g/mol. The number of amides is 1. The van der Waals surface area contributed by atoms with Gasteiger partial charge in [-0.2, -0.15) is 0 Å². The second-order valence-electron chi connectivity index (χ2n) is 5.19. The number of fused-ring (bicyclic) bond motifs is 1. The van der Waals surface area contributed by atoms with Crippen molar-refractivity contribution in [2.24, 2.45) is 16.0 Å². The molecule has 1 amide bonds. The maximum Gasteiger partial charge on any atom is 0.360 e. The highest BCUT2D eigenvalue weighted by atomic mass is 19.1. The number of rotatable bonds is 5. The van der Waals surface area contributed by atoms with Crippen LogP contribution < -0.4 is 5.73 Å². The van der Waals surface area contributed by atoms with Gasteiger partial charge in [0.25, 0.3) is 0 Å². The average Bonchev–Trinajstić information content (AvgIpc) is 2.98. The first-order chi connectivity index (χ1) is 12.5. The average molecular weight is 355 g/mol. The zero-order chi connectivity index (χ0) is 18.7. The standard InChI is InChI=1S/C17H14FN5O3/c1-2-26-17(25)14-16(23-9-11(18)5-8-13(23)20-14)22-21-12-6-3-10(4-7-12)15(19)24/h3-9H,2H2,1H3,(H2,19,24). The molecule has 3 rings (SSSR count). The normalized spacial score (nSPS) is 11.2. The van der Waals surface area contributed by atoms with E-state index in [9.17, 15) is 14.0 Å². The van der Waals surface area contributed by atoms with Gasteiger partial charge in [0.15, 0.2) is 11.5 Å². The number of halogens is 1. The summed E-state index contributed by atoms with van der Waals surface area (Å²) in [6, 6.07) is 8.71. The molecule has 0 saturated carbocycles. The Labute approximate surface area is 147 Å². The number of ether oxygens (including phenoxy) is 1. The molecule has 0 bridgehead atoms. The van der Waals surface area contributed by atoms with Gasteiger partial charge in [-0.3, -0.25) is 9.20 Å². The number of carbonyl (C=O) groups excluding carboxylic acids is 2. The van der Waals surface area contributed by atoms with Crippen molar-refractivity contribution >= 4 is 29.0 Å². The molecule has 3 aromatic rings. The van der Waals surface area contributed by atoms with Crippen molar-refractivity contribution in [2.45, 2.75) is 6.92 Å². The van der Waals surface area contributed by atoms with Crippen LogP contribution in [0.5, 0.6) is 0 Å². The highest BCUT2D eigenvalue weighted by molar-refractivity contribution is 5.93. The zero-order valence-corrected chi connectivity index (χ0v) is 13.7. The first-order valence-electron chi connectivity index (χ1n) is 7.66. The minimum absolute atomic E-state index is 0.0388. The van der Waals surface area contributed by atoms with Crippen LogP contribution in [0.15, 0.2) is 52.8 Å². The first-order valence-corrected chi connectivity index (χ1v) is 7.66. The maximum atomic E-state index is 13.6. The molecule has 0 aliphatic carbocycles. The van der Waals surface area contributed by atoms with Crippen molar-refractivity contribution < 1.29 is 18.7 Å². The predicted molar refractivity (Wildman–Crippen MR) is 90.2 cm³/mol. The minimum atomic E-state index is -0.686. The fourth-order valence-corrected chi connectivity index (χ4v) is 2.24. The number of esters is 1. The van der Waals surface area contributed by atoms with Crippen LogP contribution in [0.3, 0.4) is 0 Å². The lowest BCUT2D eigenvalue weighted by Gasteiger charge is -2.00. The van der Waals surface area contributed by atoms with Crippen molar-refractivity contribution in [2.75, 3.05) is 6.61 Å². The quantitative estimate of drug-likeness (QED) is 0.559. The van der Waals surface area contributed by atoms with Crippen molar-refractivity contribution in [1.82, 2.24) is 9.38 Å². The SMILES string of the molecule is CCOC(=O)c1nc2ccc(F)cn2c1N=Nc1ccc(C(N)=O)cc1. The highest BCUT2D eigenvalue weighted by Gasteiger charge is 2.20. The number of imidazole rings is 1. The van der Waals surface area contributed by atoms with Gasteiger partial charge in [-0.25, -0.2) is 14.2 Å². The van der Waals surface area contributed by atoms with E-state index in [1.165, 1.54) is 40.8 Å². The number of azo groups is 1. The predicted octanol–water partition coefficient (Wildman–Crippen LogP) is 3.16. The third-order valence-electron chi connectivity index (χ3n) is 3.44. The number of primary amides is 1. The summed E-state index contributed by atoms with van der Waals surface area (Å²) >= 11 is 0. The number of hydrogen-bond acceptors (Lipinski definition) is 6. The Kier molecular flexibility index (Phi) is 4.70. The lowest BCUT2D eigenvalue weighted by Crippen LogP contribution is -2.10. The molecule has 2 heterocycles. The van der Waals surface area contributed by atoms with E-state index >= 15 is 0 Å². The van der Waals surface area contributed by atoms with Gasteiger partial charge >= 0.3 is 5.97 Å². The van der Waals surface area contributed by atoms with Gasteiger partial charge in [0.05, 0.1) is 12.3 Å². The van der Waals surface area contributed by atoms with Crippen molar-refractivity contribution in [3.05, 3.63) is 59.7 Å². The summed E-state index contributed by atoms with van der Waals surface area (Å²) in [4.78, 5) is 27.3. The topological polar surface area (TPSA) is 111 Å². The highest BCUT2D eigenvalue weighted by Crippen LogP contribution is 2.25. The Morgan fingerprint density at radius 1 is 1.19 bits per heavy atom. The van der Waals surface area contributed by atoms with Gasteiger partial charge in [-0.05, 0) is 43.3 Å². The molecule has 0 saturated heterocycles. The second kappa shape index (κ2) is 7.09. The number of benzene rings is 1. The van der Waals surface area contributed by atoms with Crippen molar-refractivity contribution in [1.29, 1.82) is 0 Å². The van der Waals surface area contributed by atoms with Gasteiger partial charge in [0.1, 0.15) is 11.5 Å². The molecule has 0 fully saturated rings. The lowest BCUT2D eigenvalue weighted by molar-refractivity contribution is 0.0521. The number of pyridine rings is 1. The number of nitrogens with two attached hydrogens (primary N) is 1. The van der Waals surface area contributed by atoms with E-state index in [0.717, 1.165) is 6.20 Å². The Hall–Kier alpha value is -3.62. The summed E-state index contributed by atoms with van der Waals surface area (Å²) in [6.07, 6.45) is 1.15. The molecule has 2 aromatic heterocycles. The molecule has 132 valence electrons. The Balaban J connectivity index is 2.04. The van der Waals surface area contributed by atoms with Crippen LogP contribution in [0.1, 0.15) is 27.8 Å². The number of hydrogen-bond donors (Lipinski definition) is 1. The third-order valence-corrected chi connectivity index (χ3v) is 3.44. The summed E-state index contributed by atoms with van der Waals surface area (Å²) in [7, 11) is 0. The smallest absolute Gasteiger partial charge is 0.360 e. The summed E-state index contributed by atoms with van der Waals surface area (Å²) in [5, 5.41) is 8.04. The van der Waals surface area contributed by atoms with Crippen LogP contribution in [0.25, 0.3) is 5.65 Å². The fraction of sp³-hybridized carbons (Fsp3) is 0.118. The van der Waals surface area contributed by atoms with Crippen LogP contribution >= 0.6 is 0 Å². The van der Waals surface area contributed by atoms with Crippen LogP contribution in [0, 0.1) is 5.82 Å². The largest absolute Gasteiger partial charge is 0.461 e. The molecule has 0 atom stereocenters. The van der Waals surface area contributed by atoms with Gasteiger partial charge in [0, 0.05) is 11.8 Å². The van der Waals surface area contributed by atoms with Gasteiger partial charge < -0.3 is 10.5 Å². The van der Waals surface area contributed by atoms with Crippen molar-refractivity contribution in [3.8, 4) is 0 Å². The van der Waals surface area contributed by atoms with E-state index in [-0.39, 0.29) is 18.1 Å².